The van der Waals surface area contributed by atoms with Crippen LogP contribution >= 0.6 is 0 Å². The van der Waals surface area contributed by atoms with Crippen molar-refractivity contribution in [3.63, 3.8) is 0 Å². The van der Waals surface area contributed by atoms with Crippen molar-refractivity contribution in [2.75, 3.05) is 13.1 Å². The van der Waals surface area contributed by atoms with Gasteiger partial charge in [-0.2, -0.15) is 0 Å². The van der Waals surface area contributed by atoms with Crippen molar-refractivity contribution < 1.29 is 4.79 Å². The van der Waals surface area contributed by atoms with Crippen molar-refractivity contribution >= 4 is 5.91 Å². The van der Waals surface area contributed by atoms with Crippen LogP contribution in [0.1, 0.15) is 59.0 Å². The Morgan fingerprint density at radius 3 is 2.60 bits per heavy atom. The maximum absolute atomic E-state index is 12.8. The molecule has 2 aromatic rings. The van der Waals surface area contributed by atoms with Crippen molar-refractivity contribution in [1.29, 1.82) is 0 Å². The predicted octanol–water partition coefficient (Wildman–Crippen LogP) is 3.15. The van der Waals surface area contributed by atoms with Crippen LogP contribution in [0.4, 0.5) is 0 Å². The molecule has 2 aromatic heterocycles. The maximum atomic E-state index is 12.8. The second-order valence-electron chi connectivity index (χ2n) is 7.38. The zero-order valence-electron chi connectivity index (χ0n) is 14.7. The summed E-state index contributed by atoms with van der Waals surface area (Å²) in [5, 5.41) is 0. The van der Waals surface area contributed by atoms with Crippen molar-refractivity contribution in [2.45, 2.75) is 44.9 Å². The Morgan fingerprint density at radius 2 is 1.92 bits per heavy atom. The monoisotopic (exact) mass is 336 g/mol. The zero-order chi connectivity index (χ0) is 17.2. The third kappa shape index (κ3) is 3.86. The van der Waals surface area contributed by atoms with Gasteiger partial charge in [0.15, 0.2) is 0 Å². The number of piperidine rings is 1. The van der Waals surface area contributed by atoms with E-state index in [1.165, 1.54) is 18.4 Å². The molecule has 130 valence electrons. The first kappa shape index (κ1) is 16.2. The van der Waals surface area contributed by atoms with E-state index in [1.54, 1.807) is 12.4 Å². The van der Waals surface area contributed by atoms with Crippen LogP contribution in [-0.2, 0) is 6.42 Å². The van der Waals surface area contributed by atoms with E-state index in [9.17, 15) is 4.79 Å². The van der Waals surface area contributed by atoms with Crippen molar-refractivity contribution in [3.05, 3.63) is 53.4 Å². The molecule has 1 aliphatic heterocycles. The summed E-state index contributed by atoms with van der Waals surface area (Å²) in [4.78, 5) is 27.9. The number of likely N-dealkylation sites (tertiary alicyclic amines) is 1. The Balaban J connectivity index is 1.39. The minimum Gasteiger partial charge on any atom is -0.338 e. The smallest absolute Gasteiger partial charge is 0.256 e. The van der Waals surface area contributed by atoms with Crippen LogP contribution in [0.5, 0.6) is 0 Å². The van der Waals surface area contributed by atoms with E-state index in [0.717, 1.165) is 43.9 Å². The van der Waals surface area contributed by atoms with E-state index in [2.05, 4.69) is 27.1 Å². The lowest BCUT2D eigenvalue weighted by atomic mass is 9.91. The molecule has 1 aliphatic carbocycles. The first-order chi connectivity index (χ1) is 12.2. The zero-order valence-corrected chi connectivity index (χ0v) is 14.7. The molecule has 0 N–H and O–H groups in total. The first-order valence-corrected chi connectivity index (χ1v) is 9.22. The number of aromatic nitrogens is 3. The highest BCUT2D eigenvalue weighted by atomic mass is 16.2. The third-order valence-corrected chi connectivity index (χ3v) is 5.16. The number of nitrogens with zero attached hydrogens (tertiary/aromatic N) is 4. The summed E-state index contributed by atoms with van der Waals surface area (Å²) in [5.74, 6) is 1.97. The highest BCUT2D eigenvalue weighted by Gasteiger charge is 2.28. The molecule has 1 atom stereocenters. The third-order valence-electron chi connectivity index (χ3n) is 5.16. The molecule has 0 unspecified atom stereocenters. The summed E-state index contributed by atoms with van der Waals surface area (Å²) in [6.45, 7) is 3.63. The number of aryl methyl sites for hydroxylation is 1. The Bertz CT molecular complexity index is 737. The number of carbonyl (C=O) groups is 1. The summed E-state index contributed by atoms with van der Waals surface area (Å²) in [6, 6.07) is 4.20. The lowest BCUT2D eigenvalue weighted by Crippen LogP contribution is -2.40. The van der Waals surface area contributed by atoms with Crippen LogP contribution < -0.4 is 0 Å². The molecule has 0 radical (unpaired) electrons. The van der Waals surface area contributed by atoms with Crippen LogP contribution in [0, 0.1) is 12.8 Å². The molecule has 1 saturated heterocycles. The summed E-state index contributed by atoms with van der Waals surface area (Å²) in [7, 11) is 0. The Hall–Kier alpha value is -2.30. The number of hydrogen-bond donors (Lipinski definition) is 0. The number of rotatable bonds is 4. The van der Waals surface area contributed by atoms with Gasteiger partial charge < -0.3 is 4.90 Å². The van der Waals surface area contributed by atoms with E-state index in [1.807, 2.05) is 18.0 Å². The van der Waals surface area contributed by atoms with Crippen LogP contribution in [0.15, 0.2) is 30.7 Å². The van der Waals surface area contributed by atoms with Gasteiger partial charge in [0.25, 0.3) is 5.91 Å². The molecule has 4 rings (SSSR count). The SMILES string of the molecule is Cc1ccc(C[C@H]2CCCN(C(=O)c3cnc(C4CC4)nc3)C2)cn1. The standard InChI is InChI=1S/C20H24N4O/c1-14-4-5-15(10-21-14)9-16-3-2-8-24(13-16)20(25)18-11-22-19(23-12-18)17-6-7-17/h4-5,10-12,16-17H,2-3,6-9,13H2,1H3/t16-/m1/s1. The summed E-state index contributed by atoms with van der Waals surface area (Å²) in [5.41, 5.74) is 2.91. The largest absolute Gasteiger partial charge is 0.338 e. The number of hydrogen-bond acceptors (Lipinski definition) is 4. The predicted molar refractivity (Wildman–Crippen MR) is 95.3 cm³/mol. The lowest BCUT2D eigenvalue weighted by molar-refractivity contribution is 0.0672. The second-order valence-corrected chi connectivity index (χ2v) is 7.38. The van der Waals surface area contributed by atoms with E-state index in [-0.39, 0.29) is 5.91 Å². The van der Waals surface area contributed by atoms with Gasteiger partial charge >= 0.3 is 0 Å². The normalized spacial score (nSPS) is 20.5. The van der Waals surface area contributed by atoms with Gasteiger partial charge in [0.1, 0.15) is 5.82 Å². The minimum atomic E-state index is 0.0640. The van der Waals surface area contributed by atoms with Crippen molar-refractivity contribution in [2.24, 2.45) is 5.92 Å². The molecular formula is C20H24N4O. The van der Waals surface area contributed by atoms with Gasteiger partial charge in [-0.3, -0.25) is 9.78 Å². The maximum Gasteiger partial charge on any atom is 0.256 e. The Morgan fingerprint density at radius 1 is 1.12 bits per heavy atom. The molecule has 2 fully saturated rings. The highest BCUT2D eigenvalue weighted by Crippen LogP contribution is 2.37. The number of pyridine rings is 1. The van der Waals surface area contributed by atoms with Crippen LogP contribution in [0.2, 0.25) is 0 Å². The fourth-order valence-electron chi connectivity index (χ4n) is 3.55. The van der Waals surface area contributed by atoms with Gasteiger partial charge in [0.05, 0.1) is 5.56 Å². The van der Waals surface area contributed by atoms with Gasteiger partial charge in [-0.1, -0.05) is 6.07 Å². The molecule has 1 amide bonds. The molecule has 0 spiro atoms. The van der Waals surface area contributed by atoms with E-state index in [0.29, 0.717) is 17.4 Å². The summed E-state index contributed by atoms with van der Waals surface area (Å²) >= 11 is 0. The molecule has 5 heteroatoms. The summed E-state index contributed by atoms with van der Waals surface area (Å²) in [6.07, 6.45) is 10.9. The Kier molecular flexibility index (Phi) is 4.47. The van der Waals surface area contributed by atoms with Gasteiger partial charge in [-0.05, 0) is 56.6 Å². The van der Waals surface area contributed by atoms with Crippen LogP contribution in [0.25, 0.3) is 0 Å². The average molecular weight is 336 g/mol. The minimum absolute atomic E-state index is 0.0640. The van der Waals surface area contributed by atoms with Gasteiger partial charge in [0, 0.05) is 43.3 Å². The summed E-state index contributed by atoms with van der Waals surface area (Å²) < 4.78 is 0. The van der Waals surface area contributed by atoms with Crippen molar-refractivity contribution in [1.82, 2.24) is 19.9 Å². The molecule has 0 aromatic carbocycles. The number of amides is 1. The fourth-order valence-corrected chi connectivity index (χ4v) is 3.55. The quantitative estimate of drug-likeness (QED) is 0.860. The second kappa shape index (κ2) is 6.90. The topological polar surface area (TPSA) is 59.0 Å². The van der Waals surface area contributed by atoms with Gasteiger partial charge in [0.2, 0.25) is 0 Å². The molecular weight excluding hydrogens is 312 g/mol. The molecule has 2 aliphatic rings. The number of carbonyl (C=O) groups excluding carboxylic acids is 1. The van der Waals surface area contributed by atoms with Crippen LogP contribution in [-0.4, -0.2) is 38.8 Å². The average Bonchev–Trinajstić information content (AvgIpc) is 3.49. The first-order valence-electron chi connectivity index (χ1n) is 9.22. The fraction of sp³-hybridized carbons (Fsp3) is 0.500. The molecule has 5 nitrogen and oxygen atoms in total. The van der Waals surface area contributed by atoms with E-state index in [4.69, 9.17) is 0 Å². The van der Waals surface area contributed by atoms with Gasteiger partial charge in [-0.25, -0.2) is 9.97 Å². The van der Waals surface area contributed by atoms with Crippen LogP contribution in [0.3, 0.4) is 0 Å². The van der Waals surface area contributed by atoms with Crippen molar-refractivity contribution in [3.8, 4) is 0 Å². The van der Waals surface area contributed by atoms with E-state index >= 15 is 0 Å². The molecule has 0 bridgehead atoms. The molecule has 25 heavy (non-hydrogen) atoms. The highest BCUT2D eigenvalue weighted by molar-refractivity contribution is 5.93. The van der Waals surface area contributed by atoms with E-state index < -0.39 is 0 Å². The lowest BCUT2D eigenvalue weighted by Gasteiger charge is -2.32. The molecule has 3 heterocycles. The Labute approximate surface area is 148 Å². The van der Waals surface area contributed by atoms with Gasteiger partial charge in [-0.15, -0.1) is 0 Å². The molecule has 1 saturated carbocycles.